The van der Waals surface area contributed by atoms with Gasteiger partial charge in [-0.15, -0.1) is 0 Å². The minimum Gasteiger partial charge on any atom is -0.335 e. The van der Waals surface area contributed by atoms with Crippen LogP contribution in [-0.2, 0) is 4.79 Å². The predicted octanol–water partition coefficient (Wildman–Crippen LogP) is 3.31. The topological polar surface area (TPSA) is 125 Å². The van der Waals surface area contributed by atoms with Gasteiger partial charge in [0.15, 0.2) is 5.82 Å². The SMILES string of the molecule is O=C(Nc1cncc(-c2cc3c(-c4nc5ccncc5[nH]4)n[nH]c3cn2)c1)C1CC1. The predicted molar refractivity (Wildman–Crippen MR) is 111 cm³/mol. The zero-order chi connectivity index (χ0) is 20.1. The monoisotopic (exact) mass is 396 g/mol. The van der Waals surface area contributed by atoms with Crippen molar-refractivity contribution in [3.63, 3.8) is 0 Å². The molecule has 0 spiro atoms. The number of nitrogens with one attached hydrogen (secondary N) is 3. The van der Waals surface area contributed by atoms with Crippen molar-refractivity contribution in [3.8, 4) is 22.8 Å². The molecule has 9 nitrogen and oxygen atoms in total. The molecule has 0 bridgehead atoms. The Morgan fingerprint density at radius 2 is 2.00 bits per heavy atom. The van der Waals surface area contributed by atoms with Crippen molar-refractivity contribution in [2.75, 3.05) is 5.32 Å². The summed E-state index contributed by atoms with van der Waals surface area (Å²) in [4.78, 5) is 32.9. The summed E-state index contributed by atoms with van der Waals surface area (Å²) in [6.45, 7) is 0. The molecule has 1 aliphatic rings. The molecule has 0 radical (unpaired) electrons. The maximum absolute atomic E-state index is 12.1. The lowest BCUT2D eigenvalue weighted by molar-refractivity contribution is -0.117. The highest BCUT2D eigenvalue weighted by atomic mass is 16.2. The van der Waals surface area contributed by atoms with Gasteiger partial charge in [-0.25, -0.2) is 4.98 Å². The number of imidazole rings is 1. The van der Waals surface area contributed by atoms with Gasteiger partial charge in [-0.3, -0.25) is 24.8 Å². The number of nitrogens with zero attached hydrogens (tertiary/aromatic N) is 5. The molecular formula is C21H16N8O. The highest BCUT2D eigenvalue weighted by Gasteiger charge is 2.29. The summed E-state index contributed by atoms with van der Waals surface area (Å²) in [5.41, 5.74) is 5.40. The van der Waals surface area contributed by atoms with Crippen molar-refractivity contribution in [2.24, 2.45) is 5.92 Å². The minimum absolute atomic E-state index is 0.0499. The quantitative estimate of drug-likeness (QED) is 0.428. The standard InChI is InChI=1S/C21H16N8O/c30-21(11-1-2-11)25-13-5-12(7-23-8-13)16-6-14-17(10-24-16)28-29-19(14)20-26-15-3-4-22-9-18(15)27-20/h3-11H,1-2H2,(H,25,30)(H,26,27)(H,28,29). The third kappa shape index (κ3) is 2.87. The largest absolute Gasteiger partial charge is 0.335 e. The molecule has 1 amide bonds. The van der Waals surface area contributed by atoms with E-state index in [0.717, 1.165) is 46.0 Å². The van der Waals surface area contributed by atoms with Crippen LogP contribution in [-0.4, -0.2) is 41.0 Å². The van der Waals surface area contributed by atoms with Crippen LogP contribution in [0.1, 0.15) is 12.8 Å². The normalized spacial score (nSPS) is 13.7. The number of carbonyl (C=O) groups is 1. The highest BCUT2D eigenvalue weighted by Crippen LogP contribution is 2.31. The third-order valence-electron chi connectivity index (χ3n) is 5.20. The van der Waals surface area contributed by atoms with Crippen molar-refractivity contribution >= 4 is 33.5 Å². The van der Waals surface area contributed by atoms with Gasteiger partial charge in [0.25, 0.3) is 0 Å². The maximum atomic E-state index is 12.1. The first-order valence-corrected chi connectivity index (χ1v) is 9.65. The summed E-state index contributed by atoms with van der Waals surface area (Å²) < 4.78 is 0. The van der Waals surface area contributed by atoms with Crippen LogP contribution >= 0.6 is 0 Å². The van der Waals surface area contributed by atoms with Crippen molar-refractivity contribution < 1.29 is 4.79 Å². The molecule has 0 unspecified atom stereocenters. The smallest absolute Gasteiger partial charge is 0.227 e. The van der Waals surface area contributed by atoms with Crippen LogP contribution in [0.2, 0.25) is 0 Å². The van der Waals surface area contributed by atoms with E-state index in [1.165, 1.54) is 0 Å². The van der Waals surface area contributed by atoms with Crippen molar-refractivity contribution in [1.82, 2.24) is 35.1 Å². The van der Waals surface area contributed by atoms with Crippen molar-refractivity contribution in [2.45, 2.75) is 12.8 Å². The van der Waals surface area contributed by atoms with Gasteiger partial charge in [0, 0.05) is 29.3 Å². The molecule has 1 fully saturated rings. The number of anilines is 1. The van der Waals surface area contributed by atoms with E-state index in [1.807, 2.05) is 18.2 Å². The number of hydrogen-bond donors (Lipinski definition) is 3. The van der Waals surface area contributed by atoms with Gasteiger partial charge < -0.3 is 10.3 Å². The Labute approximate surface area is 170 Å². The number of H-pyrrole nitrogens is 2. The molecule has 6 rings (SSSR count). The van der Waals surface area contributed by atoms with Gasteiger partial charge in [0.1, 0.15) is 5.69 Å². The second kappa shape index (κ2) is 6.45. The summed E-state index contributed by atoms with van der Waals surface area (Å²) in [6.07, 6.45) is 10.5. The van der Waals surface area contributed by atoms with Gasteiger partial charge in [-0.2, -0.15) is 5.10 Å². The van der Waals surface area contributed by atoms with Crippen molar-refractivity contribution in [3.05, 3.63) is 49.2 Å². The van der Waals surface area contributed by atoms with E-state index < -0.39 is 0 Å². The Balaban J connectivity index is 1.40. The molecule has 5 aromatic heterocycles. The Morgan fingerprint density at radius 3 is 2.87 bits per heavy atom. The van der Waals surface area contributed by atoms with Crippen LogP contribution in [0.3, 0.4) is 0 Å². The van der Waals surface area contributed by atoms with Crippen LogP contribution in [0.15, 0.2) is 49.2 Å². The molecule has 5 aromatic rings. The van der Waals surface area contributed by atoms with Crippen LogP contribution in [0, 0.1) is 5.92 Å². The molecule has 5 heterocycles. The number of amides is 1. The molecule has 1 aliphatic carbocycles. The second-order valence-corrected chi connectivity index (χ2v) is 7.39. The lowest BCUT2D eigenvalue weighted by Gasteiger charge is -2.06. The van der Waals surface area contributed by atoms with E-state index in [4.69, 9.17) is 0 Å². The number of rotatable bonds is 4. The first-order chi connectivity index (χ1) is 14.7. The lowest BCUT2D eigenvalue weighted by atomic mass is 10.1. The van der Waals surface area contributed by atoms with E-state index in [0.29, 0.717) is 17.2 Å². The lowest BCUT2D eigenvalue weighted by Crippen LogP contribution is -2.13. The third-order valence-corrected chi connectivity index (χ3v) is 5.20. The first-order valence-electron chi connectivity index (χ1n) is 9.65. The molecule has 0 aromatic carbocycles. The maximum Gasteiger partial charge on any atom is 0.227 e. The van der Waals surface area contributed by atoms with Gasteiger partial charge in [0.2, 0.25) is 5.91 Å². The molecule has 9 heteroatoms. The van der Waals surface area contributed by atoms with Crippen LogP contribution in [0.25, 0.3) is 44.7 Å². The minimum atomic E-state index is 0.0499. The number of hydrogen-bond acceptors (Lipinski definition) is 6. The number of pyridine rings is 3. The molecular weight excluding hydrogens is 380 g/mol. The highest BCUT2D eigenvalue weighted by molar-refractivity contribution is 5.96. The molecule has 1 saturated carbocycles. The van der Waals surface area contributed by atoms with Gasteiger partial charge in [-0.1, -0.05) is 0 Å². The van der Waals surface area contributed by atoms with Gasteiger partial charge in [0.05, 0.1) is 46.5 Å². The summed E-state index contributed by atoms with van der Waals surface area (Å²) in [7, 11) is 0. The fourth-order valence-corrected chi connectivity index (χ4v) is 3.46. The molecule has 0 aliphatic heterocycles. The first kappa shape index (κ1) is 16.8. The second-order valence-electron chi connectivity index (χ2n) is 7.39. The number of carbonyl (C=O) groups excluding carboxylic acids is 1. The Bertz CT molecular complexity index is 1380. The molecule has 146 valence electrons. The summed E-state index contributed by atoms with van der Waals surface area (Å²) >= 11 is 0. The van der Waals surface area contributed by atoms with Crippen LogP contribution in [0.4, 0.5) is 5.69 Å². The van der Waals surface area contributed by atoms with E-state index in [2.05, 4.69) is 40.4 Å². The molecule has 3 N–H and O–H groups in total. The summed E-state index contributed by atoms with van der Waals surface area (Å²) in [5, 5.41) is 11.3. The average Bonchev–Trinajstić information content (AvgIpc) is 3.40. The number of fused-ring (bicyclic) bond motifs is 2. The van der Waals surface area contributed by atoms with E-state index in [9.17, 15) is 4.79 Å². The summed E-state index contributed by atoms with van der Waals surface area (Å²) in [5.74, 6) is 0.842. The number of aromatic nitrogens is 7. The molecule has 0 saturated heterocycles. The Hall–Kier alpha value is -4.14. The van der Waals surface area contributed by atoms with Gasteiger partial charge in [-0.05, 0) is 31.0 Å². The average molecular weight is 396 g/mol. The van der Waals surface area contributed by atoms with E-state index in [-0.39, 0.29) is 11.8 Å². The van der Waals surface area contributed by atoms with E-state index in [1.54, 1.807) is 31.0 Å². The summed E-state index contributed by atoms with van der Waals surface area (Å²) in [6, 6.07) is 5.68. The van der Waals surface area contributed by atoms with Crippen LogP contribution in [0.5, 0.6) is 0 Å². The fraction of sp³-hybridized carbons (Fsp3) is 0.143. The van der Waals surface area contributed by atoms with Crippen molar-refractivity contribution in [1.29, 1.82) is 0 Å². The molecule has 0 atom stereocenters. The number of aromatic amines is 2. The zero-order valence-electron chi connectivity index (χ0n) is 15.8. The van der Waals surface area contributed by atoms with Gasteiger partial charge >= 0.3 is 0 Å². The van der Waals surface area contributed by atoms with Crippen LogP contribution < -0.4 is 5.32 Å². The fourth-order valence-electron chi connectivity index (χ4n) is 3.46. The Morgan fingerprint density at radius 1 is 1.07 bits per heavy atom. The zero-order valence-corrected chi connectivity index (χ0v) is 15.8. The Kier molecular flexibility index (Phi) is 3.61. The molecule has 30 heavy (non-hydrogen) atoms. The van der Waals surface area contributed by atoms with E-state index >= 15 is 0 Å².